The Morgan fingerprint density at radius 2 is 1.90 bits per heavy atom. The summed E-state index contributed by atoms with van der Waals surface area (Å²) in [6.45, 7) is 1.30. The van der Waals surface area contributed by atoms with Gasteiger partial charge in [-0.15, -0.1) is 0 Å². The van der Waals surface area contributed by atoms with Gasteiger partial charge in [-0.25, -0.2) is 0 Å². The Morgan fingerprint density at radius 1 is 1.15 bits per heavy atom. The molecule has 0 unspecified atom stereocenters. The van der Waals surface area contributed by atoms with E-state index in [9.17, 15) is 14.7 Å². The Balaban J connectivity index is 1.85. The second-order valence-corrected chi connectivity index (χ2v) is 4.91. The van der Waals surface area contributed by atoms with E-state index in [1.54, 1.807) is 4.90 Å². The van der Waals surface area contributed by atoms with Gasteiger partial charge in [-0.2, -0.15) is 0 Å². The van der Waals surface area contributed by atoms with Gasteiger partial charge in [0.25, 0.3) is 0 Å². The number of hydrogen-bond donors (Lipinski definition) is 0. The van der Waals surface area contributed by atoms with Crippen LogP contribution in [0.1, 0.15) is 31.2 Å². The summed E-state index contributed by atoms with van der Waals surface area (Å²) in [5, 5.41) is 10.3. The highest BCUT2D eigenvalue weighted by Crippen LogP contribution is 2.22. The van der Waals surface area contributed by atoms with E-state index in [4.69, 9.17) is 0 Å². The fourth-order valence-electron chi connectivity index (χ4n) is 2.35. The molecule has 2 rings (SSSR count). The maximum Gasteiger partial charge on any atom is 0.222 e. The van der Waals surface area contributed by atoms with Crippen LogP contribution in [0, 0.1) is 0 Å². The summed E-state index contributed by atoms with van der Waals surface area (Å²) in [6.07, 6.45) is 3.51. The van der Waals surface area contributed by atoms with Crippen LogP contribution >= 0.6 is 0 Å². The van der Waals surface area contributed by atoms with Gasteiger partial charge in [0.2, 0.25) is 5.91 Å². The molecule has 0 radical (unpaired) electrons. The standard InChI is InChI=1S/C16H19NO3/c18-15(7-4-8-16(19)20)17-11-9-14(10-12-17)13-5-2-1-3-6-13/h1-3,5-6,9H,4,7-8,10-12H2,(H,19,20)/p-1. The number of nitrogens with zero attached hydrogens (tertiary/aromatic N) is 1. The molecule has 1 aromatic rings. The molecule has 0 saturated carbocycles. The number of hydrogen-bond acceptors (Lipinski definition) is 3. The summed E-state index contributed by atoms with van der Waals surface area (Å²) in [7, 11) is 0. The molecule has 1 aliphatic heterocycles. The third-order valence-electron chi connectivity index (χ3n) is 3.48. The molecule has 20 heavy (non-hydrogen) atoms. The molecule has 0 bridgehead atoms. The highest BCUT2D eigenvalue weighted by Gasteiger charge is 2.17. The minimum Gasteiger partial charge on any atom is -0.550 e. The molecule has 1 amide bonds. The van der Waals surface area contributed by atoms with Crippen molar-refractivity contribution in [1.82, 2.24) is 4.90 Å². The lowest BCUT2D eigenvalue weighted by Gasteiger charge is -2.26. The van der Waals surface area contributed by atoms with E-state index in [1.807, 2.05) is 18.2 Å². The predicted octanol–water partition coefficient (Wildman–Crippen LogP) is 1.22. The van der Waals surface area contributed by atoms with Gasteiger partial charge < -0.3 is 14.8 Å². The number of carbonyl (C=O) groups excluding carboxylic acids is 2. The van der Waals surface area contributed by atoms with Gasteiger partial charge in [0.15, 0.2) is 0 Å². The van der Waals surface area contributed by atoms with Gasteiger partial charge in [-0.3, -0.25) is 4.79 Å². The van der Waals surface area contributed by atoms with Crippen molar-refractivity contribution in [2.45, 2.75) is 25.7 Å². The summed E-state index contributed by atoms with van der Waals surface area (Å²) in [5.41, 5.74) is 2.47. The lowest BCUT2D eigenvalue weighted by Crippen LogP contribution is -2.34. The molecular weight excluding hydrogens is 254 g/mol. The van der Waals surface area contributed by atoms with E-state index in [1.165, 1.54) is 11.1 Å². The average Bonchev–Trinajstić information content (AvgIpc) is 2.48. The molecule has 1 aliphatic rings. The van der Waals surface area contributed by atoms with E-state index in [-0.39, 0.29) is 18.7 Å². The zero-order valence-corrected chi connectivity index (χ0v) is 11.4. The van der Waals surface area contributed by atoms with Gasteiger partial charge in [0.05, 0.1) is 0 Å². The molecule has 1 heterocycles. The van der Waals surface area contributed by atoms with Gasteiger partial charge in [0.1, 0.15) is 0 Å². The molecule has 0 fully saturated rings. The Morgan fingerprint density at radius 3 is 2.50 bits per heavy atom. The molecule has 0 aromatic heterocycles. The van der Waals surface area contributed by atoms with Gasteiger partial charge in [-0.05, 0) is 30.4 Å². The number of carbonyl (C=O) groups is 2. The lowest BCUT2D eigenvalue weighted by molar-refractivity contribution is -0.305. The molecule has 0 atom stereocenters. The van der Waals surface area contributed by atoms with Crippen molar-refractivity contribution in [1.29, 1.82) is 0 Å². The second kappa shape index (κ2) is 6.89. The maximum atomic E-state index is 11.9. The number of benzene rings is 1. The van der Waals surface area contributed by atoms with Crippen LogP contribution in [0.4, 0.5) is 0 Å². The molecule has 4 heteroatoms. The van der Waals surface area contributed by atoms with E-state index >= 15 is 0 Å². The highest BCUT2D eigenvalue weighted by atomic mass is 16.4. The number of carboxylic acids is 1. The summed E-state index contributed by atoms with van der Waals surface area (Å²) < 4.78 is 0. The number of carboxylic acid groups (broad SMARTS) is 1. The van der Waals surface area contributed by atoms with E-state index in [0.29, 0.717) is 19.5 Å². The zero-order chi connectivity index (χ0) is 14.4. The van der Waals surface area contributed by atoms with Gasteiger partial charge >= 0.3 is 0 Å². The largest absolute Gasteiger partial charge is 0.550 e. The first kappa shape index (κ1) is 14.3. The van der Waals surface area contributed by atoms with Crippen LogP contribution in [0.5, 0.6) is 0 Å². The first-order valence-electron chi connectivity index (χ1n) is 6.89. The van der Waals surface area contributed by atoms with Gasteiger partial charge in [-0.1, -0.05) is 36.4 Å². The fourth-order valence-corrected chi connectivity index (χ4v) is 2.35. The van der Waals surface area contributed by atoms with Crippen LogP contribution in [0.25, 0.3) is 5.57 Å². The molecular formula is C16H18NO3-. The van der Waals surface area contributed by atoms with E-state index < -0.39 is 5.97 Å². The summed E-state index contributed by atoms with van der Waals surface area (Å²) >= 11 is 0. The van der Waals surface area contributed by atoms with Crippen LogP contribution in [0.15, 0.2) is 36.4 Å². The predicted molar refractivity (Wildman–Crippen MR) is 74.5 cm³/mol. The number of rotatable bonds is 5. The van der Waals surface area contributed by atoms with Gasteiger partial charge in [0, 0.05) is 25.5 Å². The minimum absolute atomic E-state index is 0.0228. The first-order chi connectivity index (χ1) is 9.66. The third kappa shape index (κ3) is 3.95. The Hall–Kier alpha value is -2.10. The molecule has 0 saturated heterocycles. The van der Waals surface area contributed by atoms with Crippen LogP contribution in [-0.4, -0.2) is 29.9 Å². The van der Waals surface area contributed by atoms with Crippen LogP contribution in [0.2, 0.25) is 0 Å². The van der Waals surface area contributed by atoms with Crippen molar-refractivity contribution in [2.75, 3.05) is 13.1 Å². The molecule has 4 nitrogen and oxygen atoms in total. The first-order valence-corrected chi connectivity index (χ1v) is 6.89. The van der Waals surface area contributed by atoms with Crippen LogP contribution in [-0.2, 0) is 9.59 Å². The minimum atomic E-state index is -1.09. The molecule has 1 aromatic carbocycles. The monoisotopic (exact) mass is 272 g/mol. The van der Waals surface area contributed by atoms with Crippen molar-refractivity contribution in [3.05, 3.63) is 42.0 Å². The third-order valence-corrected chi connectivity index (χ3v) is 3.48. The normalized spacial score (nSPS) is 14.8. The number of amides is 1. The highest BCUT2D eigenvalue weighted by molar-refractivity contribution is 5.78. The average molecular weight is 272 g/mol. The summed E-state index contributed by atoms with van der Waals surface area (Å²) in [5.74, 6) is -1.07. The van der Waals surface area contributed by atoms with Crippen molar-refractivity contribution < 1.29 is 14.7 Å². The molecule has 0 aliphatic carbocycles. The van der Waals surface area contributed by atoms with Crippen molar-refractivity contribution in [3.63, 3.8) is 0 Å². The van der Waals surface area contributed by atoms with Crippen molar-refractivity contribution >= 4 is 17.4 Å². The summed E-state index contributed by atoms with van der Waals surface area (Å²) in [6, 6.07) is 10.1. The molecule has 106 valence electrons. The number of aliphatic carboxylic acids is 1. The van der Waals surface area contributed by atoms with Crippen LogP contribution in [0.3, 0.4) is 0 Å². The second-order valence-electron chi connectivity index (χ2n) is 4.91. The van der Waals surface area contributed by atoms with E-state index in [0.717, 1.165) is 6.42 Å². The van der Waals surface area contributed by atoms with Crippen LogP contribution < -0.4 is 5.11 Å². The summed E-state index contributed by atoms with van der Waals surface area (Å²) in [4.78, 5) is 24.0. The SMILES string of the molecule is O=C([O-])CCCC(=O)N1CC=C(c2ccccc2)CC1. The van der Waals surface area contributed by atoms with Crippen molar-refractivity contribution in [3.8, 4) is 0 Å². The topological polar surface area (TPSA) is 60.4 Å². The quantitative estimate of drug-likeness (QED) is 0.809. The smallest absolute Gasteiger partial charge is 0.222 e. The van der Waals surface area contributed by atoms with Crippen molar-refractivity contribution in [2.24, 2.45) is 0 Å². The Bertz CT molecular complexity index is 508. The molecule has 0 N–H and O–H groups in total. The molecule has 0 spiro atoms. The fraction of sp³-hybridized carbons (Fsp3) is 0.375. The Kier molecular flexibility index (Phi) is 4.93. The van der Waals surface area contributed by atoms with E-state index in [2.05, 4.69) is 18.2 Å². The zero-order valence-electron chi connectivity index (χ0n) is 11.4. The Labute approximate surface area is 118 Å². The maximum absolute atomic E-state index is 11.9. The lowest BCUT2D eigenvalue weighted by atomic mass is 9.99.